The van der Waals surface area contributed by atoms with Gasteiger partial charge in [0.05, 0.1) is 0 Å². The summed E-state index contributed by atoms with van der Waals surface area (Å²) in [6.07, 6.45) is 0. The number of anilines is 18. The second-order valence-electron chi connectivity index (χ2n) is 51.4. The molecule has 6 aliphatic rings. The Morgan fingerprint density at radius 1 is 0.160 bits per heavy atom. The van der Waals surface area contributed by atoms with Gasteiger partial charge >= 0.3 is 0 Å². The molecule has 12 heteroatoms. The van der Waals surface area contributed by atoms with E-state index in [1.54, 1.807) is 0 Å². The van der Waals surface area contributed by atoms with E-state index in [2.05, 4.69) is 528 Å². The Balaban J connectivity index is 0.831. The summed E-state index contributed by atoms with van der Waals surface area (Å²) in [4.78, 5) is 33.9. The minimum Gasteiger partial charge on any atom is -0.311 e. The molecule has 0 atom stereocenters. The second-order valence-corrected chi connectivity index (χ2v) is 51.4. The SMILES string of the molecule is Cc1ccc(N2c3ccc(-c4nc(-c5ccc6c(c5)B5c7cc(C(C)(C)C)ccc7N(c7ccc(C(C)(C)C)cc7)c7cc(C(C)(C)C)cc(c75)N6c5ccc(C)cc5)nc(-c5ccc6c(c5)B5c7cc(C(C)(C)C)ccc7N(c7ccc(C(C)(C)C)cc7)c7cc(C(C)(C)C)cc(c75)N6c5ccc(C)cc5)n4)cc3B3c4cc(C(C)(C)C)ccc4N(c4ccc(C(C)(C)C)cc4)c4cc(C(C)(C)C)cc2c43)cc1. The van der Waals surface area contributed by atoms with E-state index in [0.717, 1.165) is 84.9 Å². The van der Waals surface area contributed by atoms with Gasteiger partial charge in [0, 0.05) is 119 Å². The maximum Gasteiger partial charge on any atom is 0.252 e. The lowest BCUT2D eigenvalue weighted by Crippen LogP contribution is -2.61. The lowest BCUT2D eigenvalue weighted by molar-refractivity contribution is 0.589. The van der Waals surface area contributed by atoms with Crippen LogP contribution in [0, 0.1) is 20.8 Å². The zero-order valence-corrected chi connectivity index (χ0v) is 90.5. The van der Waals surface area contributed by atoms with Crippen molar-refractivity contribution in [1.82, 2.24) is 15.0 Å². The van der Waals surface area contributed by atoms with Crippen LogP contribution >= 0.6 is 0 Å². The first kappa shape index (κ1) is 95.2. The van der Waals surface area contributed by atoms with Gasteiger partial charge in [-0.2, -0.15) is 0 Å². The van der Waals surface area contributed by atoms with Crippen LogP contribution in [0.2, 0.25) is 0 Å². The molecule has 0 amide bonds. The number of hydrogen-bond donors (Lipinski definition) is 0. The van der Waals surface area contributed by atoms with E-state index >= 15 is 0 Å². The van der Waals surface area contributed by atoms with Gasteiger partial charge in [-0.1, -0.05) is 331 Å². The lowest BCUT2D eigenvalue weighted by Gasteiger charge is -2.45. The summed E-state index contributed by atoms with van der Waals surface area (Å²) in [6.45, 7) is 69.2. The first-order valence-electron chi connectivity index (χ1n) is 52.3. The molecule has 0 saturated carbocycles. The van der Waals surface area contributed by atoms with Crippen LogP contribution < -0.4 is 78.6 Å². The van der Waals surface area contributed by atoms with Crippen molar-refractivity contribution in [3.63, 3.8) is 0 Å². The molecule has 0 saturated heterocycles. The average Bonchev–Trinajstić information content (AvgIpc) is 0.698. The van der Waals surface area contributed by atoms with Crippen LogP contribution in [-0.4, -0.2) is 35.1 Å². The first-order valence-corrected chi connectivity index (χ1v) is 52.3. The smallest absolute Gasteiger partial charge is 0.252 e. The van der Waals surface area contributed by atoms with E-state index in [-0.39, 0.29) is 68.9 Å². The van der Waals surface area contributed by atoms with E-state index in [4.69, 9.17) is 15.0 Å². The molecule has 0 bridgehead atoms. The molecule has 720 valence electrons. The fourth-order valence-electron chi connectivity index (χ4n) is 23.0. The van der Waals surface area contributed by atoms with E-state index in [0.29, 0.717) is 17.5 Å². The van der Waals surface area contributed by atoms with Crippen LogP contribution in [0.3, 0.4) is 0 Å². The number of rotatable bonds is 9. The van der Waals surface area contributed by atoms with Gasteiger partial charge in [-0.15, -0.1) is 0 Å². The normalized spacial score (nSPS) is 14.3. The molecule has 144 heavy (non-hydrogen) atoms. The molecule has 0 aliphatic carbocycles. The molecule has 1 aromatic heterocycles. The molecule has 15 aromatic carbocycles. The van der Waals surface area contributed by atoms with Crippen LogP contribution in [0.1, 0.15) is 254 Å². The van der Waals surface area contributed by atoms with Gasteiger partial charge in [-0.05, 0) is 333 Å². The molecule has 0 N–H and O–H groups in total. The van der Waals surface area contributed by atoms with E-state index < -0.39 is 0 Å². The standard InChI is InChI=1S/C132H138B3N9/c1-79-31-49-94(50-32-79)139-106-61-37-82(67-100(106)133-103-70-88(127(13,14)15)46-64-109(103)142(97-55-40-85(41-56-97)124(4,5)6)115-76-91(130(22,23)24)73-112(139)118(115)133)121-136-122(83-38-62-107-101(68-83)134-104-71-89(128(16,17)18)47-65-110(104)143(98-57-42-86(43-58-98)125(7,8)9)116-77-92(131(25,26)27)74-113(119(116)134)140(107)95-51-33-80(2)34-52-95)138-123(137-121)84-39-63-108-102(69-84)135-105-72-90(129(19,20)21)48-66-111(105)144(99-59-44-87(45-60-99)126(10,11)12)117-78-93(132(28,29)30)75-114(120(117)135)141(108)96-53-35-81(3)36-54-96/h31-78H,1-30H3. The Labute approximate surface area is 858 Å². The van der Waals surface area contributed by atoms with Crippen molar-refractivity contribution in [1.29, 1.82) is 0 Å². The van der Waals surface area contributed by atoms with Gasteiger partial charge < -0.3 is 29.4 Å². The van der Waals surface area contributed by atoms with Crippen molar-refractivity contribution in [2.75, 3.05) is 29.4 Å². The molecule has 9 nitrogen and oxygen atoms in total. The van der Waals surface area contributed by atoms with Crippen LogP contribution in [0.15, 0.2) is 291 Å². The zero-order chi connectivity index (χ0) is 102. The predicted molar refractivity (Wildman–Crippen MR) is 621 cm³/mol. The summed E-state index contributed by atoms with van der Waals surface area (Å²) < 4.78 is 0. The number of hydrogen-bond acceptors (Lipinski definition) is 9. The molecule has 0 unspecified atom stereocenters. The quantitative estimate of drug-likeness (QED) is 0.132. The average molecular weight is 1880 g/mol. The fourth-order valence-corrected chi connectivity index (χ4v) is 23.0. The van der Waals surface area contributed by atoms with Crippen molar-refractivity contribution in [2.45, 2.75) is 256 Å². The maximum absolute atomic E-state index is 6.13. The van der Waals surface area contributed by atoms with Crippen molar-refractivity contribution in [2.24, 2.45) is 0 Å². The van der Waals surface area contributed by atoms with E-state index in [9.17, 15) is 0 Å². The molecule has 7 heterocycles. The Kier molecular flexibility index (Phi) is 21.9. The highest BCUT2D eigenvalue weighted by molar-refractivity contribution is 7.02. The molecule has 0 radical (unpaired) electrons. The Bertz CT molecular complexity index is 7150. The van der Waals surface area contributed by atoms with Crippen LogP contribution in [-0.2, 0) is 48.7 Å². The topological polar surface area (TPSA) is 58.1 Å². The summed E-state index contributed by atoms with van der Waals surface area (Å²) >= 11 is 0. The summed E-state index contributed by atoms with van der Waals surface area (Å²) in [6, 6.07) is 115. The number of benzene rings is 15. The molecule has 22 rings (SSSR count). The number of aryl methyl sites for hydroxylation is 3. The Hall–Kier alpha value is -13.7. The van der Waals surface area contributed by atoms with Crippen molar-refractivity contribution < 1.29 is 0 Å². The van der Waals surface area contributed by atoms with Crippen molar-refractivity contribution >= 4 is 172 Å². The molecule has 16 aromatic rings. The highest BCUT2D eigenvalue weighted by atomic mass is 15.2. The number of nitrogens with zero attached hydrogens (tertiary/aromatic N) is 9. The third kappa shape index (κ3) is 16.2. The van der Waals surface area contributed by atoms with Crippen molar-refractivity contribution in [3.8, 4) is 34.2 Å². The number of aromatic nitrogens is 3. The fraction of sp³-hybridized carbons (Fsp3) is 0.295. The van der Waals surface area contributed by atoms with Gasteiger partial charge in [0.25, 0.3) is 20.1 Å². The van der Waals surface area contributed by atoms with Gasteiger partial charge in [0.2, 0.25) is 0 Å². The van der Waals surface area contributed by atoms with Crippen LogP contribution in [0.25, 0.3) is 34.2 Å². The third-order valence-electron chi connectivity index (χ3n) is 31.7. The second kappa shape index (κ2) is 33.2. The lowest BCUT2D eigenvalue weighted by atomic mass is 9.33. The highest BCUT2D eigenvalue weighted by Crippen LogP contribution is 2.54. The van der Waals surface area contributed by atoms with Crippen LogP contribution in [0.5, 0.6) is 0 Å². The molecule has 6 aliphatic heterocycles. The van der Waals surface area contributed by atoms with Crippen molar-refractivity contribution in [3.05, 3.63) is 358 Å². The first-order chi connectivity index (χ1) is 67.8. The van der Waals surface area contributed by atoms with Gasteiger partial charge in [0.15, 0.2) is 17.5 Å². The predicted octanol–water partition coefficient (Wildman–Crippen LogP) is 29.7. The third-order valence-corrected chi connectivity index (χ3v) is 31.7. The summed E-state index contributed by atoms with van der Waals surface area (Å²) in [7, 11) is 0. The van der Waals surface area contributed by atoms with Crippen LogP contribution in [0.4, 0.5) is 102 Å². The Morgan fingerprint density at radius 3 is 0.500 bits per heavy atom. The van der Waals surface area contributed by atoms with Gasteiger partial charge in [0.1, 0.15) is 0 Å². The molecule has 0 spiro atoms. The minimum atomic E-state index is -0.246. The number of fused-ring (bicyclic) bond motifs is 12. The highest BCUT2D eigenvalue weighted by Gasteiger charge is 2.51. The summed E-state index contributed by atoms with van der Waals surface area (Å²) in [5, 5.41) is 0. The van der Waals surface area contributed by atoms with Gasteiger partial charge in [-0.25, -0.2) is 15.0 Å². The van der Waals surface area contributed by atoms with E-state index in [1.807, 2.05) is 0 Å². The monoisotopic (exact) mass is 1880 g/mol. The Morgan fingerprint density at radius 2 is 0.319 bits per heavy atom. The van der Waals surface area contributed by atoms with E-state index in [1.165, 1.54) is 150 Å². The molecular formula is C132H138B3N9. The summed E-state index contributed by atoms with van der Waals surface area (Å²) in [5.41, 5.74) is 47.9. The summed E-state index contributed by atoms with van der Waals surface area (Å²) in [5.74, 6) is 1.73. The maximum atomic E-state index is 6.13. The van der Waals surface area contributed by atoms with Gasteiger partial charge in [-0.3, -0.25) is 0 Å². The molecule has 0 fully saturated rings. The zero-order valence-electron chi connectivity index (χ0n) is 90.5. The minimum absolute atomic E-state index is 0.0470. The molecular weight excluding hydrogens is 1740 g/mol. The largest absolute Gasteiger partial charge is 0.311 e.